The number of methoxy groups -OCH3 is 2. The minimum absolute atomic E-state index is 0.200. The van der Waals surface area contributed by atoms with Crippen LogP contribution in [0.2, 0.25) is 0 Å². The summed E-state index contributed by atoms with van der Waals surface area (Å²) >= 11 is 1.19. The lowest BCUT2D eigenvalue weighted by Crippen LogP contribution is -2.31. The number of nitrogens with one attached hydrogen (secondary N) is 1. The maximum absolute atomic E-state index is 12.9. The van der Waals surface area contributed by atoms with Crippen LogP contribution in [0.1, 0.15) is 11.1 Å². The molecule has 8 heteroatoms. The number of carbonyl (C=O) groups is 2. The smallest absolute Gasteiger partial charge is 0.267 e. The van der Waals surface area contributed by atoms with Crippen molar-refractivity contribution in [3.05, 3.63) is 77.2 Å². The fourth-order valence-electron chi connectivity index (χ4n) is 2.91. The fraction of sp³-hybridized carbons (Fsp3) is 0.174. The molecule has 3 rings (SSSR count). The molecule has 0 saturated carbocycles. The molecule has 160 valence electrons. The quantitative estimate of drug-likeness (QED) is 0.389. The van der Waals surface area contributed by atoms with Crippen molar-refractivity contribution < 1.29 is 19.1 Å². The zero-order valence-corrected chi connectivity index (χ0v) is 18.1. The van der Waals surface area contributed by atoms with Gasteiger partial charge in [0.05, 0.1) is 25.5 Å². The number of hydrazone groups is 1. The van der Waals surface area contributed by atoms with Gasteiger partial charge >= 0.3 is 0 Å². The van der Waals surface area contributed by atoms with Gasteiger partial charge in [0.2, 0.25) is 5.91 Å². The van der Waals surface area contributed by atoms with Crippen molar-refractivity contribution in [3.8, 4) is 11.5 Å². The Balaban J connectivity index is 1.78. The van der Waals surface area contributed by atoms with E-state index in [1.165, 1.54) is 16.7 Å². The molecule has 1 fully saturated rings. The Bertz CT molecular complexity index is 1030. The molecule has 2 aromatic carbocycles. The number of rotatable bonds is 8. The average molecular weight is 438 g/mol. The van der Waals surface area contributed by atoms with E-state index in [0.29, 0.717) is 21.6 Å². The Morgan fingerprint density at radius 1 is 1.16 bits per heavy atom. The Morgan fingerprint density at radius 2 is 1.90 bits per heavy atom. The van der Waals surface area contributed by atoms with Crippen molar-refractivity contribution in [2.75, 3.05) is 20.8 Å². The summed E-state index contributed by atoms with van der Waals surface area (Å²) in [6, 6.07) is 14.8. The third-order valence-corrected chi connectivity index (χ3v) is 5.40. The predicted octanol–water partition coefficient (Wildman–Crippen LogP) is 3.44. The lowest BCUT2D eigenvalue weighted by molar-refractivity contribution is -0.122. The van der Waals surface area contributed by atoms with Gasteiger partial charge in [0.15, 0.2) is 16.7 Å². The van der Waals surface area contributed by atoms with Gasteiger partial charge in [-0.05, 0) is 41.1 Å². The molecule has 0 atom stereocenters. The first-order chi connectivity index (χ1) is 15.0. The summed E-state index contributed by atoms with van der Waals surface area (Å²) in [5, 5.41) is 4.56. The van der Waals surface area contributed by atoms with E-state index in [4.69, 9.17) is 9.47 Å². The molecular formula is C23H23N3O4S. The second kappa shape index (κ2) is 10.5. The van der Waals surface area contributed by atoms with Crippen LogP contribution in [0.5, 0.6) is 11.5 Å². The van der Waals surface area contributed by atoms with Crippen LogP contribution in [0, 0.1) is 0 Å². The molecule has 1 aliphatic heterocycles. The van der Waals surface area contributed by atoms with E-state index in [9.17, 15) is 9.59 Å². The minimum atomic E-state index is -0.261. The number of ether oxygens (including phenoxy) is 2. The molecule has 1 heterocycles. The van der Waals surface area contributed by atoms with Crippen LogP contribution < -0.4 is 14.9 Å². The number of benzene rings is 2. The number of carbonyl (C=O) groups excluding carboxylic acids is 2. The SMILES string of the molecule is C=CCN1C(=O)/C(=C/c2ccc(OC)c(OC)c2)S/C1=N/NC(=O)Cc1ccccc1. The van der Waals surface area contributed by atoms with Gasteiger partial charge in [-0.1, -0.05) is 42.5 Å². The maximum atomic E-state index is 12.9. The second-order valence-corrected chi connectivity index (χ2v) is 7.53. The van der Waals surface area contributed by atoms with Crippen LogP contribution in [0.25, 0.3) is 6.08 Å². The van der Waals surface area contributed by atoms with Gasteiger partial charge in [-0.2, -0.15) is 0 Å². The van der Waals surface area contributed by atoms with Crippen LogP contribution in [0.4, 0.5) is 0 Å². The van der Waals surface area contributed by atoms with E-state index in [1.54, 1.807) is 38.5 Å². The molecule has 0 aliphatic carbocycles. The van der Waals surface area contributed by atoms with E-state index in [0.717, 1.165) is 11.1 Å². The maximum Gasteiger partial charge on any atom is 0.267 e. The Kier molecular flexibility index (Phi) is 7.50. The van der Waals surface area contributed by atoms with E-state index < -0.39 is 0 Å². The molecule has 0 bridgehead atoms. The Labute approximate surface area is 185 Å². The van der Waals surface area contributed by atoms with E-state index in [1.807, 2.05) is 36.4 Å². The molecule has 0 spiro atoms. The molecule has 0 unspecified atom stereocenters. The molecule has 1 saturated heterocycles. The molecular weight excluding hydrogens is 414 g/mol. The Hall–Kier alpha value is -3.52. The van der Waals surface area contributed by atoms with Gasteiger partial charge < -0.3 is 9.47 Å². The first-order valence-electron chi connectivity index (χ1n) is 9.50. The molecule has 7 nitrogen and oxygen atoms in total. The fourth-order valence-corrected chi connectivity index (χ4v) is 3.85. The van der Waals surface area contributed by atoms with E-state index >= 15 is 0 Å². The third kappa shape index (κ3) is 5.55. The van der Waals surface area contributed by atoms with Gasteiger partial charge in [-0.3, -0.25) is 14.5 Å². The minimum Gasteiger partial charge on any atom is -0.493 e. The lowest BCUT2D eigenvalue weighted by Gasteiger charge is -2.12. The van der Waals surface area contributed by atoms with Gasteiger partial charge in [-0.25, -0.2) is 5.43 Å². The third-order valence-electron chi connectivity index (χ3n) is 4.39. The van der Waals surface area contributed by atoms with Gasteiger partial charge in [0.25, 0.3) is 5.91 Å². The van der Waals surface area contributed by atoms with Crippen LogP contribution in [-0.2, 0) is 16.0 Å². The van der Waals surface area contributed by atoms with Crippen molar-refractivity contribution in [3.63, 3.8) is 0 Å². The molecule has 1 N–H and O–H groups in total. The van der Waals surface area contributed by atoms with Crippen molar-refractivity contribution in [2.45, 2.75) is 6.42 Å². The number of hydrogen-bond donors (Lipinski definition) is 1. The summed E-state index contributed by atoms with van der Waals surface area (Å²) in [7, 11) is 3.12. The highest BCUT2D eigenvalue weighted by Crippen LogP contribution is 2.34. The van der Waals surface area contributed by atoms with E-state index in [2.05, 4.69) is 17.1 Å². The summed E-state index contributed by atoms with van der Waals surface area (Å²) in [5.41, 5.74) is 4.20. The van der Waals surface area contributed by atoms with Crippen LogP contribution in [0.3, 0.4) is 0 Å². The van der Waals surface area contributed by atoms with Crippen LogP contribution in [-0.4, -0.2) is 42.6 Å². The molecule has 1 aliphatic rings. The highest BCUT2D eigenvalue weighted by molar-refractivity contribution is 8.18. The summed E-state index contributed by atoms with van der Waals surface area (Å²) in [6.45, 7) is 3.98. The normalized spacial score (nSPS) is 15.9. The van der Waals surface area contributed by atoms with Crippen LogP contribution >= 0.6 is 11.8 Å². The summed E-state index contributed by atoms with van der Waals surface area (Å²) in [5.74, 6) is 0.697. The van der Waals surface area contributed by atoms with Crippen molar-refractivity contribution >= 4 is 34.8 Å². The predicted molar refractivity (Wildman–Crippen MR) is 123 cm³/mol. The largest absolute Gasteiger partial charge is 0.493 e. The number of amidine groups is 1. The van der Waals surface area contributed by atoms with Gasteiger partial charge in [0.1, 0.15) is 0 Å². The first-order valence-corrected chi connectivity index (χ1v) is 10.3. The van der Waals surface area contributed by atoms with Crippen molar-refractivity contribution in [2.24, 2.45) is 5.10 Å². The van der Waals surface area contributed by atoms with Gasteiger partial charge in [-0.15, -0.1) is 11.7 Å². The van der Waals surface area contributed by atoms with E-state index in [-0.39, 0.29) is 24.8 Å². The van der Waals surface area contributed by atoms with Gasteiger partial charge in [0, 0.05) is 6.54 Å². The molecule has 31 heavy (non-hydrogen) atoms. The molecule has 0 radical (unpaired) electrons. The number of hydrogen-bond acceptors (Lipinski definition) is 6. The van der Waals surface area contributed by atoms with Crippen LogP contribution in [0.15, 0.2) is 71.2 Å². The Morgan fingerprint density at radius 3 is 2.58 bits per heavy atom. The molecule has 2 amide bonds. The first kappa shape index (κ1) is 22.2. The monoisotopic (exact) mass is 437 g/mol. The number of amides is 2. The highest BCUT2D eigenvalue weighted by Gasteiger charge is 2.33. The number of nitrogens with zero attached hydrogens (tertiary/aromatic N) is 2. The molecule has 0 aromatic heterocycles. The zero-order valence-electron chi connectivity index (χ0n) is 17.3. The lowest BCUT2D eigenvalue weighted by atomic mass is 10.1. The standard InChI is InChI=1S/C23H23N3O4S/c1-4-12-26-22(28)20(14-17-10-11-18(29-2)19(13-17)30-3)31-23(26)25-24-21(27)15-16-8-6-5-7-9-16/h4-11,13-14H,1,12,15H2,2-3H3,(H,24,27)/b20-14-,25-23+. The second-order valence-electron chi connectivity index (χ2n) is 6.52. The molecule has 2 aromatic rings. The highest BCUT2D eigenvalue weighted by atomic mass is 32.2. The number of thioether (sulfide) groups is 1. The zero-order chi connectivity index (χ0) is 22.2. The summed E-state index contributed by atoms with van der Waals surface area (Å²) < 4.78 is 10.6. The summed E-state index contributed by atoms with van der Waals surface area (Å²) in [6.07, 6.45) is 3.56. The topological polar surface area (TPSA) is 80.2 Å². The van der Waals surface area contributed by atoms with Crippen molar-refractivity contribution in [1.29, 1.82) is 0 Å². The van der Waals surface area contributed by atoms with Crippen molar-refractivity contribution in [1.82, 2.24) is 10.3 Å². The summed E-state index contributed by atoms with van der Waals surface area (Å²) in [4.78, 5) is 27.0. The average Bonchev–Trinajstić information content (AvgIpc) is 3.07.